The first-order valence-electron chi connectivity index (χ1n) is 12.7. The van der Waals surface area contributed by atoms with Crippen LogP contribution in [0.4, 0.5) is 5.95 Å². The smallest absolute Gasteiger partial charge is 0.329 e. The average Bonchev–Trinajstić information content (AvgIpc) is 3.27. The molecular formula is C28H33N5O4. The second kappa shape index (κ2) is 10.6. The molecule has 0 bridgehead atoms. The van der Waals surface area contributed by atoms with E-state index in [1.165, 1.54) is 10.1 Å². The Hall–Kier alpha value is -3.85. The van der Waals surface area contributed by atoms with Gasteiger partial charge < -0.3 is 19.3 Å². The number of piperidine rings is 1. The maximum absolute atomic E-state index is 12.9. The van der Waals surface area contributed by atoms with Crippen LogP contribution in [-0.4, -0.2) is 50.0 Å². The van der Waals surface area contributed by atoms with Gasteiger partial charge in [0, 0.05) is 20.1 Å². The molecule has 194 valence electrons. The van der Waals surface area contributed by atoms with Gasteiger partial charge in [-0.3, -0.25) is 14.3 Å². The van der Waals surface area contributed by atoms with Gasteiger partial charge >= 0.3 is 5.69 Å². The van der Waals surface area contributed by atoms with E-state index in [0.29, 0.717) is 23.3 Å². The Morgan fingerprint density at radius 2 is 1.86 bits per heavy atom. The molecule has 1 aliphatic heterocycles. The highest BCUT2D eigenvalue weighted by Gasteiger charge is 2.27. The van der Waals surface area contributed by atoms with Crippen LogP contribution in [0.25, 0.3) is 11.2 Å². The predicted octanol–water partition coefficient (Wildman–Crippen LogP) is 2.63. The summed E-state index contributed by atoms with van der Waals surface area (Å²) in [5, 5.41) is 10.9. The van der Waals surface area contributed by atoms with Crippen molar-refractivity contribution in [2.75, 3.05) is 24.6 Å². The van der Waals surface area contributed by atoms with Gasteiger partial charge in [-0.1, -0.05) is 42.5 Å². The quantitative estimate of drug-likeness (QED) is 0.383. The van der Waals surface area contributed by atoms with E-state index < -0.39 is 17.4 Å². The lowest BCUT2D eigenvalue weighted by Crippen LogP contribution is -2.37. The van der Waals surface area contributed by atoms with Gasteiger partial charge in [0.05, 0.1) is 6.54 Å². The number of aliphatic hydroxyl groups is 1. The topological polar surface area (TPSA) is 105 Å². The maximum Gasteiger partial charge on any atom is 0.329 e. The van der Waals surface area contributed by atoms with E-state index in [9.17, 15) is 14.7 Å². The third kappa shape index (κ3) is 5.46. The molecule has 37 heavy (non-hydrogen) atoms. The molecule has 0 radical (unpaired) electrons. The zero-order valence-electron chi connectivity index (χ0n) is 21.3. The van der Waals surface area contributed by atoms with Crippen LogP contribution in [0.1, 0.15) is 24.0 Å². The van der Waals surface area contributed by atoms with E-state index in [0.717, 1.165) is 37.9 Å². The molecule has 2 N–H and O–H groups in total. The van der Waals surface area contributed by atoms with Crippen molar-refractivity contribution in [3.8, 4) is 5.75 Å². The molecule has 9 nitrogen and oxygen atoms in total. The zero-order chi connectivity index (χ0) is 25.9. The van der Waals surface area contributed by atoms with Gasteiger partial charge in [-0.05, 0) is 55.4 Å². The summed E-state index contributed by atoms with van der Waals surface area (Å²) in [6, 6.07) is 18.1. The number of anilines is 1. The molecule has 4 aromatic rings. The zero-order valence-corrected chi connectivity index (χ0v) is 21.3. The summed E-state index contributed by atoms with van der Waals surface area (Å²) in [4.78, 5) is 34.4. The fourth-order valence-corrected chi connectivity index (χ4v) is 5.08. The first-order chi connectivity index (χ1) is 17.9. The lowest BCUT2D eigenvalue weighted by Gasteiger charge is -2.33. The number of hydrogen-bond donors (Lipinski definition) is 2. The van der Waals surface area contributed by atoms with Crippen LogP contribution < -0.4 is 20.9 Å². The monoisotopic (exact) mass is 503 g/mol. The fraction of sp³-hybridized carbons (Fsp3) is 0.393. The highest BCUT2D eigenvalue weighted by molar-refractivity contribution is 5.74. The first-order valence-corrected chi connectivity index (χ1v) is 12.7. The molecule has 2 aromatic carbocycles. The normalized spacial score (nSPS) is 15.3. The number of ether oxygens (including phenoxy) is 1. The third-order valence-corrected chi connectivity index (χ3v) is 7.08. The van der Waals surface area contributed by atoms with Crippen molar-refractivity contribution in [1.82, 2.24) is 19.1 Å². The Bertz CT molecular complexity index is 1480. The van der Waals surface area contributed by atoms with Crippen molar-refractivity contribution in [2.24, 2.45) is 13.0 Å². The highest BCUT2D eigenvalue weighted by Crippen LogP contribution is 2.27. The molecular weight excluding hydrogens is 470 g/mol. The van der Waals surface area contributed by atoms with E-state index in [4.69, 9.17) is 9.72 Å². The van der Waals surface area contributed by atoms with Crippen molar-refractivity contribution >= 4 is 17.1 Å². The predicted molar refractivity (Wildman–Crippen MR) is 143 cm³/mol. The Morgan fingerprint density at radius 3 is 2.59 bits per heavy atom. The molecule has 0 amide bonds. The van der Waals surface area contributed by atoms with Gasteiger partial charge in [0.2, 0.25) is 5.95 Å². The molecule has 1 fully saturated rings. The van der Waals surface area contributed by atoms with Crippen LogP contribution in [-0.2, 0) is 20.0 Å². The summed E-state index contributed by atoms with van der Waals surface area (Å²) in [6.45, 7) is 3.71. The Kier molecular flexibility index (Phi) is 7.14. The van der Waals surface area contributed by atoms with E-state index in [2.05, 4.69) is 34.1 Å². The molecule has 5 rings (SSSR count). The molecule has 1 saturated heterocycles. The summed E-state index contributed by atoms with van der Waals surface area (Å²) in [6.07, 6.45) is 2.14. The number of fused-ring (bicyclic) bond motifs is 1. The molecule has 1 aliphatic rings. The van der Waals surface area contributed by atoms with Gasteiger partial charge in [0.25, 0.3) is 5.56 Å². The third-order valence-electron chi connectivity index (χ3n) is 7.08. The Morgan fingerprint density at radius 1 is 1.11 bits per heavy atom. The molecule has 0 saturated carbocycles. The molecule has 2 aromatic heterocycles. The fourth-order valence-electron chi connectivity index (χ4n) is 5.08. The van der Waals surface area contributed by atoms with Crippen molar-refractivity contribution in [2.45, 2.75) is 38.8 Å². The highest BCUT2D eigenvalue weighted by atomic mass is 16.5. The van der Waals surface area contributed by atoms with E-state index in [-0.39, 0.29) is 18.7 Å². The van der Waals surface area contributed by atoms with Crippen LogP contribution in [0, 0.1) is 12.8 Å². The second-order valence-corrected chi connectivity index (χ2v) is 9.91. The van der Waals surface area contributed by atoms with Crippen LogP contribution in [0.15, 0.2) is 64.2 Å². The average molecular weight is 504 g/mol. The number of rotatable bonds is 8. The number of aromatic amines is 1. The van der Waals surface area contributed by atoms with Crippen molar-refractivity contribution in [3.63, 3.8) is 0 Å². The molecule has 0 unspecified atom stereocenters. The minimum absolute atomic E-state index is 0.0609. The van der Waals surface area contributed by atoms with Crippen LogP contribution in [0.5, 0.6) is 5.75 Å². The number of nitrogens with one attached hydrogen (secondary N) is 1. The van der Waals surface area contributed by atoms with Gasteiger partial charge in [0.1, 0.15) is 18.5 Å². The first kappa shape index (κ1) is 24.8. The minimum atomic E-state index is -0.885. The number of hydrogen-bond acceptors (Lipinski definition) is 6. The van der Waals surface area contributed by atoms with Gasteiger partial charge in [-0.15, -0.1) is 0 Å². The lowest BCUT2D eigenvalue weighted by atomic mass is 9.90. The molecule has 1 atom stereocenters. The minimum Gasteiger partial charge on any atom is -0.491 e. The molecule has 9 heteroatoms. The Labute approximate surface area is 215 Å². The SMILES string of the molecule is Cc1cccc(OC[C@@H](O)Cn2c(N3CCC(Cc4ccccc4)CC3)nc3c2c(=O)[nH]c(=O)n3C)c1. The number of aromatic nitrogens is 4. The van der Waals surface area contributed by atoms with Crippen molar-refractivity contribution in [1.29, 1.82) is 0 Å². The standard InChI is InChI=1S/C28H33N5O4/c1-19-7-6-10-23(15-19)37-18-22(34)17-33-24-25(31(2)28(36)30-26(24)35)29-27(33)32-13-11-21(12-14-32)16-20-8-4-3-5-9-20/h3-10,15,21-22,34H,11-14,16-18H2,1-2H3,(H,30,35,36)/t22-/m0/s1. The largest absolute Gasteiger partial charge is 0.491 e. The van der Waals surface area contributed by atoms with Gasteiger partial charge in [-0.25, -0.2) is 4.79 Å². The maximum atomic E-state index is 12.9. The summed E-state index contributed by atoms with van der Waals surface area (Å²) in [7, 11) is 1.59. The molecule has 0 aliphatic carbocycles. The van der Waals surface area contributed by atoms with Crippen LogP contribution in [0.2, 0.25) is 0 Å². The number of aliphatic hydroxyl groups excluding tert-OH is 1. The van der Waals surface area contributed by atoms with Crippen molar-refractivity contribution < 1.29 is 9.84 Å². The summed E-state index contributed by atoms with van der Waals surface area (Å²) in [5.41, 5.74) is 1.96. The molecule has 0 spiro atoms. The number of H-pyrrole nitrogens is 1. The number of aryl methyl sites for hydroxylation is 2. The number of nitrogens with zero attached hydrogens (tertiary/aromatic N) is 4. The Balaban J connectivity index is 1.38. The van der Waals surface area contributed by atoms with Gasteiger partial charge in [0.15, 0.2) is 11.2 Å². The molecule has 3 heterocycles. The van der Waals surface area contributed by atoms with Crippen LogP contribution in [0.3, 0.4) is 0 Å². The number of benzene rings is 2. The van der Waals surface area contributed by atoms with E-state index in [1.54, 1.807) is 11.6 Å². The van der Waals surface area contributed by atoms with Crippen molar-refractivity contribution in [3.05, 3.63) is 86.6 Å². The second-order valence-electron chi connectivity index (χ2n) is 9.91. The van der Waals surface area contributed by atoms with Crippen LogP contribution >= 0.6 is 0 Å². The summed E-state index contributed by atoms with van der Waals surface area (Å²) >= 11 is 0. The van der Waals surface area contributed by atoms with E-state index in [1.807, 2.05) is 37.3 Å². The summed E-state index contributed by atoms with van der Waals surface area (Å²) < 4.78 is 8.87. The van der Waals surface area contributed by atoms with Gasteiger partial charge in [-0.2, -0.15) is 4.98 Å². The summed E-state index contributed by atoms with van der Waals surface area (Å²) in [5.74, 6) is 1.84. The lowest BCUT2D eigenvalue weighted by molar-refractivity contribution is 0.0935. The van der Waals surface area contributed by atoms with E-state index >= 15 is 0 Å². The number of imidazole rings is 1.